The average Bonchev–Trinajstić information content (AvgIpc) is 2.90. The van der Waals surface area contributed by atoms with Crippen molar-refractivity contribution in [1.29, 1.82) is 0 Å². The highest BCUT2D eigenvalue weighted by Gasteiger charge is 2.18. The van der Waals surface area contributed by atoms with Crippen molar-refractivity contribution < 1.29 is 5.11 Å². The van der Waals surface area contributed by atoms with Gasteiger partial charge < -0.3 is 10.4 Å². The molecule has 0 amide bonds. The van der Waals surface area contributed by atoms with Crippen LogP contribution in [0.15, 0.2) is 34.1 Å². The summed E-state index contributed by atoms with van der Waals surface area (Å²) in [5.41, 5.74) is 3.69. The van der Waals surface area contributed by atoms with Gasteiger partial charge >= 0.3 is 0 Å². The smallest absolute Gasteiger partial charge is 0.0621 e. The number of thiophene rings is 1. The molecule has 0 fully saturated rings. The van der Waals surface area contributed by atoms with Crippen LogP contribution in [0.25, 0.3) is 0 Å². The van der Waals surface area contributed by atoms with Crippen molar-refractivity contribution in [1.82, 2.24) is 0 Å². The zero-order valence-electron chi connectivity index (χ0n) is 9.82. The van der Waals surface area contributed by atoms with Crippen molar-refractivity contribution in [3.8, 4) is 0 Å². The van der Waals surface area contributed by atoms with Gasteiger partial charge in [-0.15, -0.1) is 11.3 Å². The maximum Gasteiger partial charge on any atom is 0.0621 e. The maximum atomic E-state index is 9.63. The molecule has 0 saturated heterocycles. The molecule has 4 heteroatoms. The van der Waals surface area contributed by atoms with Gasteiger partial charge in [0.15, 0.2) is 0 Å². The van der Waals surface area contributed by atoms with Gasteiger partial charge in [0.1, 0.15) is 0 Å². The lowest BCUT2D eigenvalue weighted by atomic mass is 10.1. The maximum absolute atomic E-state index is 9.63. The lowest BCUT2D eigenvalue weighted by Crippen LogP contribution is -2.03. The minimum atomic E-state index is -0.191. The number of anilines is 1. The van der Waals surface area contributed by atoms with Crippen LogP contribution in [0.3, 0.4) is 0 Å². The highest BCUT2D eigenvalue weighted by atomic mass is 79.9. The molecule has 2 nitrogen and oxygen atoms in total. The van der Waals surface area contributed by atoms with E-state index in [1.807, 2.05) is 0 Å². The Hall–Kier alpha value is -0.840. The van der Waals surface area contributed by atoms with Crippen LogP contribution in [0, 0.1) is 0 Å². The molecule has 1 aliphatic carbocycles. The first-order valence-corrected chi connectivity index (χ1v) is 7.64. The normalized spacial score (nSPS) is 17.8. The fraction of sp³-hybridized carbons (Fsp3) is 0.286. The second-order valence-electron chi connectivity index (χ2n) is 4.63. The first-order valence-electron chi connectivity index (χ1n) is 5.97. The van der Waals surface area contributed by atoms with Crippen LogP contribution in [0.4, 0.5) is 5.69 Å². The molecule has 1 aliphatic rings. The number of hydrogen-bond acceptors (Lipinski definition) is 3. The van der Waals surface area contributed by atoms with E-state index in [4.69, 9.17) is 0 Å². The van der Waals surface area contributed by atoms with Gasteiger partial charge in [-0.2, -0.15) is 0 Å². The van der Waals surface area contributed by atoms with Crippen LogP contribution in [-0.2, 0) is 19.4 Å². The van der Waals surface area contributed by atoms with Crippen LogP contribution in [0.2, 0.25) is 0 Å². The Balaban J connectivity index is 1.69. The number of nitrogens with one attached hydrogen (secondary N) is 1. The summed E-state index contributed by atoms with van der Waals surface area (Å²) in [4.78, 5) is 1.31. The molecule has 1 atom stereocenters. The Bertz CT molecular complexity index is 567. The average molecular weight is 324 g/mol. The van der Waals surface area contributed by atoms with E-state index in [1.165, 1.54) is 16.0 Å². The van der Waals surface area contributed by atoms with Crippen molar-refractivity contribution in [3.63, 3.8) is 0 Å². The van der Waals surface area contributed by atoms with E-state index in [9.17, 15) is 5.11 Å². The third kappa shape index (κ3) is 2.60. The summed E-state index contributed by atoms with van der Waals surface area (Å²) >= 11 is 5.21. The minimum absolute atomic E-state index is 0.191. The van der Waals surface area contributed by atoms with Crippen molar-refractivity contribution in [2.45, 2.75) is 25.5 Å². The van der Waals surface area contributed by atoms with E-state index < -0.39 is 0 Å². The molecule has 0 saturated carbocycles. The van der Waals surface area contributed by atoms with Gasteiger partial charge in [-0.3, -0.25) is 0 Å². The third-order valence-electron chi connectivity index (χ3n) is 3.21. The van der Waals surface area contributed by atoms with Crippen LogP contribution in [-0.4, -0.2) is 11.2 Å². The monoisotopic (exact) mass is 323 g/mol. The summed E-state index contributed by atoms with van der Waals surface area (Å²) in [7, 11) is 0. The summed E-state index contributed by atoms with van der Waals surface area (Å²) < 4.78 is 1.14. The molecule has 0 aliphatic heterocycles. The summed E-state index contributed by atoms with van der Waals surface area (Å²) in [6, 6.07) is 8.51. The lowest BCUT2D eigenvalue weighted by Gasteiger charge is -2.07. The summed E-state index contributed by atoms with van der Waals surface area (Å²) in [6.07, 6.45) is 1.39. The zero-order valence-corrected chi connectivity index (χ0v) is 12.2. The number of aliphatic hydroxyl groups excluding tert-OH is 1. The predicted molar refractivity (Wildman–Crippen MR) is 79.2 cm³/mol. The van der Waals surface area contributed by atoms with E-state index in [-0.39, 0.29) is 6.10 Å². The van der Waals surface area contributed by atoms with E-state index in [1.54, 1.807) is 11.3 Å². The van der Waals surface area contributed by atoms with Gasteiger partial charge in [0, 0.05) is 27.0 Å². The molecule has 0 spiro atoms. The molecule has 94 valence electrons. The lowest BCUT2D eigenvalue weighted by molar-refractivity contribution is 0.187. The molecular weight excluding hydrogens is 310 g/mol. The number of fused-ring (bicyclic) bond motifs is 1. The molecule has 1 heterocycles. The van der Waals surface area contributed by atoms with Gasteiger partial charge in [-0.25, -0.2) is 0 Å². The predicted octanol–water partition coefficient (Wildman–Crippen LogP) is 3.58. The number of rotatable bonds is 3. The fourth-order valence-electron chi connectivity index (χ4n) is 2.34. The SMILES string of the molecule is OC1Cc2ccc(NCc3cc(Br)cs3)cc2C1. The highest BCUT2D eigenvalue weighted by Crippen LogP contribution is 2.26. The van der Waals surface area contributed by atoms with Crippen molar-refractivity contribution in [2.75, 3.05) is 5.32 Å². The Labute approximate surface area is 119 Å². The van der Waals surface area contributed by atoms with Crippen molar-refractivity contribution >= 4 is 33.0 Å². The van der Waals surface area contributed by atoms with E-state index in [2.05, 4.69) is 50.9 Å². The summed E-state index contributed by atoms with van der Waals surface area (Å²) in [5.74, 6) is 0. The summed E-state index contributed by atoms with van der Waals surface area (Å²) in [5, 5.41) is 15.1. The Morgan fingerprint density at radius 2 is 2.11 bits per heavy atom. The van der Waals surface area contributed by atoms with Gasteiger partial charge in [0.25, 0.3) is 0 Å². The fourth-order valence-corrected chi connectivity index (χ4v) is 3.73. The standard InChI is InChI=1S/C14H14BrNOS/c15-11-6-14(18-8-11)7-16-12-2-1-9-4-13(17)5-10(9)3-12/h1-3,6,8,13,16-17H,4-5,7H2. The van der Waals surface area contributed by atoms with Gasteiger partial charge in [0.05, 0.1) is 6.10 Å². The molecule has 18 heavy (non-hydrogen) atoms. The molecule has 2 aromatic rings. The molecule has 3 rings (SSSR count). The quantitative estimate of drug-likeness (QED) is 0.904. The van der Waals surface area contributed by atoms with E-state index >= 15 is 0 Å². The Kier molecular flexibility index (Phi) is 3.41. The minimum Gasteiger partial charge on any atom is -0.392 e. The van der Waals surface area contributed by atoms with Crippen molar-refractivity contribution in [2.24, 2.45) is 0 Å². The molecule has 1 unspecified atom stereocenters. The first-order chi connectivity index (χ1) is 8.70. The first kappa shape index (κ1) is 12.2. The second-order valence-corrected chi connectivity index (χ2v) is 6.54. The van der Waals surface area contributed by atoms with Gasteiger partial charge in [-0.05, 0) is 58.1 Å². The topological polar surface area (TPSA) is 32.3 Å². The highest BCUT2D eigenvalue weighted by molar-refractivity contribution is 9.10. The largest absolute Gasteiger partial charge is 0.392 e. The van der Waals surface area contributed by atoms with E-state index in [0.29, 0.717) is 0 Å². The molecule has 1 aromatic heterocycles. The molecule has 0 bridgehead atoms. The Morgan fingerprint density at radius 1 is 1.28 bits per heavy atom. The third-order valence-corrected chi connectivity index (χ3v) is 4.90. The number of aliphatic hydroxyl groups is 1. The molecule has 0 radical (unpaired) electrons. The Morgan fingerprint density at radius 3 is 2.89 bits per heavy atom. The second kappa shape index (κ2) is 5.03. The summed E-state index contributed by atoms with van der Waals surface area (Å²) in [6.45, 7) is 0.845. The molecular formula is C14H14BrNOS. The van der Waals surface area contributed by atoms with E-state index in [0.717, 1.165) is 29.5 Å². The molecule has 2 N–H and O–H groups in total. The number of benzene rings is 1. The van der Waals surface area contributed by atoms with Crippen molar-refractivity contribution in [3.05, 3.63) is 50.1 Å². The van der Waals surface area contributed by atoms with Crippen LogP contribution in [0.1, 0.15) is 16.0 Å². The van der Waals surface area contributed by atoms with Crippen LogP contribution in [0.5, 0.6) is 0 Å². The number of halogens is 1. The molecule has 1 aromatic carbocycles. The number of hydrogen-bond donors (Lipinski definition) is 2. The van der Waals surface area contributed by atoms with Gasteiger partial charge in [0.2, 0.25) is 0 Å². The van der Waals surface area contributed by atoms with Gasteiger partial charge in [-0.1, -0.05) is 6.07 Å². The zero-order chi connectivity index (χ0) is 12.5. The van der Waals surface area contributed by atoms with Crippen LogP contribution >= 0.6 is 27.3 Å². The van der Waals surface area contributed by atoms with Crippen LogP contribution < -0.4 is 5.32 Å².